The van der Waals surface area contributed by atoms with Crippen LogP contribution in [0, 0.1) is 0 Å². The minimum atomic E-state index is -4.31. The van der Waals surface area contributed by atoms with Gasteiger partial charge in [0.1, 0.15) is 12.4 Å². The van der Waals surface area contributed by atoms with Gasteiger partial charge in [0.25, 0.3) is 0 Å². The second kappa shape index (κ2) is 5.36. The summed E-state index contributed by atoms with van der Waals surface area (Å²) in [6.45, 7) is 4.29. The first-order valence-corrected chi connectivity index (χ1v) is 5.56. The van der Waals surface area contributed by atoms with Crippen LogP contribution in [-0.2, 0) is 0 Å². The predicted molar refractivity (Wildman–Crippen MR) is 62.3 cm³/mol. The molecule has 0 spiro atoms. The summed E-state index contributed by atoms with van der Waals surface area (Å²) in [7, 11) is 0. The highest BCUT2D eigenvalue weighted by Crippen LogP contribution is 2.21. The average molecular weight is 263 g/mol. The first-order chi connectivity index (χ1) is 8.23. The predicted octanol–water partition coefficient (Wildman–Crippen LogP) is 1.97. The number of alkyl halides is 3. The fraction of sp³-hybridized carbons (Fsp3) is 0.700. The Morgan fingerprint density at radius 1 is 1.22 bits per heavy atom. The van der Waals surface area contributed by atoms with Crippen molar-refractivity contribution < 1.29 is 13.2 Å². The van der Waals surface area contributed by atoms with Gasteiger partial charge in [-0.05, 0) is 6.92 Å². The smallest absolute Gasteiger partial charge is 0.368 e. The van der Waals surface area contributed by atoms with Crippen molar-refractivity contribution in [1.29, 1.82) is 0 Å². The number of nitrogen functional groups attached to an aromatic ring is 1. The van der Waals surface area contributed by atoms with Crippen LogP contribution in [-0.4, -0.2) is 34.2 Å². The monoisotopic (exact) mass is 263 g/mol. The summed E-state index contributed by atoms with van der Waals surface area (Å²) in [5.74, 6) is 0.257. The molecule has 1 aromatic rings. The Morgan fingerprint density at radius 3 is 2.28 bits per heavy atom. The highest BCUT2D eigenvalue weighted by Gasteiger charge is 2.31. The number of hydrogen-bond donors (Lipinski definition) is 1. The van der Waals surface area contributed by atoms with E-state index in [0.29, 0.717) is 5.82 Å². The molecular weight excluding hydrogens is 247 g/mol. The number of rotatable bonds is 4. The zero-order valence-corrected chi connectivity index (χ0v) is 10.5. The van der Waals surface area contributed by atoms with Crippen LogP contribution < -0.4 is 10.6 Å². The van der Waals surface area contributed by atoms with E-state index in [1.54, 1.807) is 6.92 Å². The zero-order valence-electron chi connectivity index (χ0n) is 10.5. The molecule has 18 heavy (non-hydrogen) atoms. The Kier molecular flexibility index (Phi) is 4.31. The van der Waals surface area contributed by atoms with E-state index >= 15 is 0 Å². The first kappa shape index (κ1) is 14.5. The molecule has 2 N–H and O–H groups in total. The molecule has 0 aliphatic carbocycles. The molecule has 0 amide bonds. The third-order valence-corrected chi connectivity index (χ3v) is 2.21. The van der Waals surface area contributed by atoms with Gasteiger partial charge in [-0.1, -0.05) is 13.8 Å². The Bertz CT molecular complexity index is 405. The standard InChI is InChI=1S/C10H16F3N5/c1-4-18(5-10(11,12)13)9-16-7(6(2)3)15-8(14)17-9/h6H,4-5H2,1-3H3,(H2,14,15,16,17). The van der Waals surface area contributed by atoms with Crippen molar-refractivity contribution >= 4 is 11.9 Å². The fourth-order valence-electron chi connectivity index (χ4n) is 1.34. The lowest BCUT2D eigenvalue weighted by molar-refractivity contribution is -0.119. The topological polar surface area (TPSA) is 67.9 Å². The van der Waals surface area contributed by atoms with E-state index < -0.39 is 12.7 Å². The second-order valence-corrected chi connectivity index (χ2v) is 4.14. The summed E-state index contributed by atoms with van der Waals surface area (Å²) in [5.41, 5.74) is 5.48. The quantitative estimate of drug-likeness (QED) is 0.899. The molecule has 0 aliphatic heterocycles. The molecule has 1 heterocycles. The van der Waals surface area contributed by atoms with Crippen LogP contribution in [0.2, 0.25) is 0 Å². The van der Waals surface area contributed by atoms with Crippen LogP contribution in [0.4, 0.5) is 25.1 Å². The molecule has 0 aromatic carbocycles. The lowest BCUT2D eigenvalue weighted by Crippen LogP contribution is -2.35. The average Bonchev–Trinajstić information content (AvgIpc) is 2.23. The molecule has 8 heteroatoms. The number of anilines is 2. The van der Waals surface area contributed by atoms with Crippen molar-refractivity contribution in [1.82, 2.24) is 15.0 Å². The first-order valence-electron chi connectivity index (χ1n) is 5.56. The molecular formula is C10H16F3N5. The van der Waals surface area contributed by atoms with E-state index in [9.17, 15) is 13.2 Å². The summed E-state index contributed by atoms with van der Waals surface area (Å²) in [6.07, 6.45) is -4.31. The van der Waals surface area contributed by atoms with Gasteiger partial charge in [-0.3, -0.25) is 0 Å². The summed E-state index contributed by atoms with van der Waals surface area (Å²) >= 11 is 0. The minimum Gasteiger partial charge on any atom is -0.368 e. The lowest BCUT2D eigenvalue weighted by atomic mass is 10.2. The maximum atomic E-state index is 12.4. The van der Waals surface area contributed by atoms with E-state index in [1.165, 1.54) is 0 Å². The number of nitrogens with zero attached hydrogens (tertiary/aromatic N) is 4. The summed E-state index contributed by atoms with van der Waals surface area (Å²) in [4.78, 5) is 12.7. The lowest BCUT2D eigenvalue weighted by Gasteiger charge is -2.22. The van der Waals surface area contributed by atoms with Gasteiger partial charge in [0, 0.05) is 12.5 Å². The van der Waals surface area contributed by atoms with Gasteiger partial charge >= 0.3 is 6.18 Å². The van der Waals surface area contributed by atoms with Crippen molar-refractivity contribution in [2.45, 2.75) is 32.9 Å². The largest absolute Gasteiger partial charge is 0.406 e. The SMILES string of the molecule is CCN(CC(F)(F)F)c1nc(N)nc(C(C)C)n1. The molecule has 0 bridgehead atoms. The van der Waals surface area contributed by atoms with E-state index in [1.807, 2.05) is 13.8 Å². The van der Waals surface area contributed by atoms with Crippen LogP contribution in [0.3, 0.4) is 0 Å². The molecule has 0 unspecified atom stereocenters. The summed E-state index contributed by atoms with van der Waals surface area (Å²) in [5, 5.41) is 0. The fourth-order valence-corrected chi connectivity index (χ4v) is 1.34. The Balaban J connectivity index is 3.05. The van der Waals surface area contributed by atoms with Crippen LogP contribution in [0.1, 0.15) is 32.5 Å². The van der Waals surface area contributed by atoms with Crippen molar-refractivity contribution in [3.8, 4) is 0 Å². The molecule has 0 saturated carbocycles. The molecule has 102 valence electrons. The molecule has 1 aromatic heterocycles. The highest BCUT2D eigenvalue weighted by atomic mass is 19.4. The molecule has 0 radical (unpaired) electrons. The third-order valence-electron chi connectivity index (χ3n) is 2.21. The van der Waals surface area contributed by atoms with Crippen molar-refractivity contribution in [2.24, 2.45) is 0 Å². The van der Waals surface area contributed by atoms with Gasteiger partial charge < -0.3 is 10.6 Å². The number of aromatic nitrogens is 3. The number of halogens is 3. The Labute approximate surface area is 103 Å². The van der Waals surface area contributed by atoms with Crippen molar-refractivity contribution in [3.63, 3.8) is 0 Å². The van der Waals surface area contributed by atoms with E-state index in [4.69, 9.17) is 5.73 Å². The van der Waals surface area contributed by atoms with E-state index in [-0.39, 0.29) is 24.4 Å². The van der Waals surface area contributed by atoms with Gasteiger partial charge in [-0.2, -0.15) is 28.1 Å². The number of nitrogens with two attached hydrogens (primary N) is 1. The van der Waals surface area contributed by atoms with Crippen molar-refractivity contribution in [2.75, 3.05) is 23.7 Å². The summed E-state index contributed by atoms with van der Waals surface area (Å²) < 4.78 is 37.2. The maximum Gasteiger partial charge on any atom is 0.406 e. The van der Waals surface area contributed by atoms with Crippen LogP contribution in [0.5, 0.6) is 0 Å². The van der Waals surface area contributed by atoms with E-state index in [0.717, 1.165) is 4.90 Å². The van der Waals surface area contributed by atoms with Crippen molar-refractivity contribution in [3.05, 3.63) is 5.82 Å². The second-order valence-electron chi connectivity index (χ2n) is 4.14. The van der Waals surface area contributed by atoms with Crippen LogP contribution in [0.15, 0.2) is 0 Å². The highest BCUT2D eigenvalue weighted by molar-refractivity contribution is 5.35. The van der Waals surface area contributed by atoms with Gasteiger partial charge in [-0.25, -0.2) is 0 Å². The molecule has 0 aliphatic rings. The molecule has 0 atom stereocenters. The van der Waals surface area contributed by atoms with Crippen LogP contribution >= 0.6 is 0 Å². The number of hydrogen-bond acceptors (Lipinski definition) is 5. The molecule has 0 fully saturated rings. The van der Waals surface area contributed by atoms with E-state index in [2.05, 4.69) is 15.0 Å². The summed E-state index contributed by atoms with van der Waals surface area (Å²) in [6, 6.07) is 0. The van der Waals surface area contributed by atoms with Gasteiger partial charge in [0.05, 0.1) is 0 Å². The minimum absolute atomic E-state index is 0.0290. The van der Waals surface area contributed by atoms with Gasteiger partial charge in [-0.15, -0.1) is 0 Å². The van der Waals surface area contributed by atoms with Gasteiger partial charge in [0.15, 0.2) is 0 Å². The Hall–Kier alpha value is -1.60. The Morgan fingerprint density at radius 2 is 1.83 bits per heavy atom. The molecule has 5 nitrogen and oxygen atoms in total. The normalized spacial score (nSPS) is 11.9. The molecule has 0 saturated heterocycles. The van der Waals surface area contributed by atoms with Crippen LogP contribution in [0.25, 0.3) is 0 Å². The van der Waals surface area contributed by atoms with Gasteiger partial charge in [0.2, 0.25) is 11.9 Å². The third kappa shape index (κ3) is 4.01. The molecule has 1 rings (SSSR count). The zero-order chi connectivity index (χ0) is 13.9. The maximum absolute atomic E-state index is 12.4.